The summed E-state index contributed by atoms with van der Waals surface area (Å²) < 4.78 is 10.2. The number of hydrogen-bond acceptors (Lipinski definition) is 5. The van der Waals surface area contributed by atoms with Crippen LogP contribution in [0.3, 0.4) is 0 Å². The minimum absolute atomic E-state index is 0.132. The minimum atomic E-state index is -0.645. The van der Waals surface area contributed by atoms with Crippen molar-refractivity contribution in [3.8, 4) is 5.75 Å². The zero-order chi connectivity index (χ0) is 15.1. The number of nitrogen functional groups attached to an aromatic ring is 1. The maximum absolute atomic E-state index is 11.6. The number of carbonyl (C=O) groups excluding carboxylic acids is 2. The number of amides is 2. The van der Waals surface area contributed by atoms with Gasteiger partial charge in [-0.15, -0.1) is 0 Å². The molecular formula is C13H19N3O4. The monoisotopic (exact) mass is 281 g/mol. The average molecular weight is 281 g/mol. The molecule has 0 spiro atoms. The first-order valence-corrected chi connectivity index (χ1v) is 6.04. The predicted octanol–water partition coefficient (Wildman–Crippen LogP) is -0.102. The fourth-order valence-electron chi connectivity index (χ4n) is 1.61. The summed E-state index contributed by atoms with van der Waals surface area (Å²) in [5, 5.41) is 2.68. The van der Waals surface area contributed by atoms with E-state index in [1.165, 1.54) is 18.2 Å². The van der Waals surface area contributed by atoms with Gasteiger partial charge in [0.2, 0.25) is 0 Å². The summed E-state index contributed by atoms with van der Waals surface area (Å²) in [4.78, 5) is 22.9. The van der Waals surface area contributed by atoms with E-state index >= 15 is 0 Å². The van der Waals surface area contributed by atoms with Crippen LogP contribution in [-0.2, 0) is 9.53 Å². The van der Waals surface area contributed by atoms with Crippen LogP contribution in [0, 0.1) is 0 Å². The third-order valence-electron chi connectivity index (χ3n) is 2.45. The van der Waals surface area contributed by atoms with E-state index in [1.807, 2.05) is 0 Å². The number of hydrogen-bond donors (Lipinski definition) is 3. The SMILES string of the molecule is COCC(C)NC(=O)COc1cc(N)ccc1C(N)=O. The Morgan fingerprint density at radius 1 is 1.40 bits per heavy atom. The first-order chi connectivity index (χ1) is 9.43. The number of carbonyl (C=O) groups is 2. The maximum Gasteiger partial charge on any atom is 0.258 e. The van der Waals surface area contributed by atoms with Crippen LogP contribution in [0.4, 0.5) is 5.69 Å². The fraction of sp³-hybridized carbons (Fsp3) is 0.385. The molecule has 7 nitrogen and oxygen atoms in total. The van der Waals surface area contributed by atoms with E-state index in [0.717, 1.165) is 0 Å². The predicted molar refractivity (Wildman–Crippen MR) is 74.3 cm³/mol. The quantitative estimate of drug-likeness (QED) is 0.603. The second-order valence-electron chi connectivity index (χ2n) is 4.33. The van der Waals surface area contributed by atoms with Crippen LogP contribution < -0.4 is 21.5 Å². The van der Waals surface area contributed by atoms with Crippen LogP contribution in [0.2, 0.25) is 0 Å². The molecule has 7 heteroatoms. The second-order valence-corrected chi connectivity index (χ2v) is 4.33. The molecular weight excluding hydrogens is 262 g/mol. The van der Waals surface area contributed by atoms with Crippen molar-refractivity contribution in [3.05, 3.63) is 23.8 Å². The van der Waals surface area contributed by atoms with Crippen LogP contribution in [0.1, 0.15) is 17.3 Å². The van der Waals surface area contributed by atoms with E-state index in [-0.39, 0.29) is 29.9 Å². The molecule has 0 aliphatic carbocycles. The van der Waals surface area contributed by atoms with Gasteiger partial charge in [0, 0.05) is 24.9 Å². The highest BCUT2D eigenvalue weighted by Gasteiger charge is 2.12. The molecule has 0 fully saturated rings. The van der Waals surface area contributed by atoms with Crippen LogP contribution in [0.5, 0.6) is 5.75 Å². The van der Waals surface area contributed by atoms with Crippen LogP contribution in [0.25, 0.3) is 0 Å². The van der Waals surface area contributed by atoms with Crippen molar-refractivity contribution >= 4 is 17.5 Å². The second kappa shape index (κ2) is 7.34. The van der Waals surface area contributed by atoms with Crippen molar-refractivity contribution in [1.29, 1.82) is 0 Å². The molecule has 0 aliphatic rings. The van der Waals surface area contributed by atoms with Crippen molar-refractivity contribution in [3.63, 3.8) is 0 Å². The molecule has 5 N–H and O–H groups in total. The summed E-state index contributed by atoms with van der Waals surface area (Å²) in [5.74, 6) is -0.785. The lowest BCUT2D eigenvalue weighted by atomic mass is 10.1. The van der Waals surface area contributed by atoms with E-state index < -0.39 is 5.91 Å². The summed E-state index contributed by atoms with van der Waals surface area (Å²) in [5.41, 5.74) is 11.4. The van der Waals surface area contributed by atoms with E-state index in [1.54, 1.807) is 14.0 Å². The molecule has 20 heavy (non-hydrogen) atoms. The molecule has 110 valence electrons. The zero-order valence-corrected chi connectivity index (χ0v) is 11.5. The average Bonchev–Trinajstić information content (AvgIpc) is 2.36. The van der Waals surface area contributed by atoms with Gasteiger partial charge in [-0.05, 0) is 19.1 Å². The molecule has 0 aromatic heterocycles. The van der Waals surface area contributed by atoms with Gasteiger partial charge in [-0.25, -0.2) is 0 Å². The minimum Gasteiger partial charge on any atom is -0.483 e. The van der Waals surface area contributed by atoms with Gasteiger partial charge in [0.05, 0.1) is 12.2 Å². The molecule has 0 bridgehead atoms. The van der Waals surface area contributed by atoms with Crippen molar-refractivity contribution in [2.24, 2.45) is 5.73 Å². The molecule has 1 aromatic rings. The number of benzene rings is 1. The summed E-state index contributed by atoms with van der Waals surface area (Å²) in [6.07, 6.45) is 0. The lowest BCUT2D eigenvalue weighted by Gasteiger charge is -2.14. The number of ether oxygens (including phenoxy) is 2. The lowest BCUT2D eigenvalue weighted by molar-refractivity contribution is -0.124. The number of nitrogens with two attached hydrogens (primary N) is 2. The largest absolute Gasteiger partial charge is 0.483 e. The molecule has 0 saturated carbocycles. The summed E-state index contributed by atoms with van der Waals surface area (Å²) in [6.45, 7) is 1.96. The Bertz CT molecular complexity index is 491. The van der Waals surface area contributed by atoms with E-state index in [4.69, 9.17) is 20.9 Å². The lowest BCUT2D eigenvalue weighted by Crippen LogP contribution is -2.38. The molecule has 0 heterocycles. The molecule has 2 amide bonds. The Labute approximate surface area is 117 Å². The number of methoxy groups -OCH3 is 1. The third kappa shape index (κ3) is 4.77. The highest BCUT2D eigenvalue weighted by atomic mass is 16.5. The van der Waals surface area contributed by atoms with Gasteiger partial charge >= 0.3 is 0 Å². The third-order valence-corrected chi connectivity index (χ3v) is 2.45. The van der Waals surface area contributed by atoms with Gasteiger partial charge < -0.3 is 26.3 Å². The topological polar surface area (TPSA) is 117 Å². The number of primary amides is 1. The van der Waals surface area contributed by atoms with Crippen LogP contribution >= 0.6 is 0 Å². The van der Waals surface area contributed by atoms with Gasteiger partial charge in [0.25, 0.3) is 11.8 Å². The van der Waals surface area contributed by atoms with Gasteiger partial charge in [-0.1, -0.05) is 0 Å². The Kier molecular flexibility index (Phi) is 5.79. The standard InChI is InChI=1S/C13H19N3O4/c1-8(6-19-2)16-12(17)7-20-11-5-9(14)3-4-10(11)13(15)18/h3-5,8H,6-7,14H2,1-2H3,(H2,15,18)(H,16,17). The first kappa shape index (κ1) is 15.8. The highest BCUT2D eigenvalue weighted by Crippen LogP contribution is 2.21. The van der Waals surface area contributed by atoms with Crippen LogP contribution in [-0.4, -0.2) is 38.2 Å². The molecule has 0 radical (unpaired) electrons. The molecule has 0 saturated heterocycles. The first-order valence-electron chi connectivity index (χ1n) is 6.04. The summed E-state index contributed by atoms with van der Waals surface area (Å²) in [7, 11) is 1.55. The van der Waals surface area contributed by atoms with Gasteiger partial charge in [-0.3, -0.25) is 9.59 Å². The zero-order valence-electron chi connectivity index (χ0n) is 11.5. The molecule has 1 aromatic carbocycles. The smallest absolute Gasteiger partial charge is 0.258 e. The van der Waals surface area contributed by atoms with Gasteiger partial charge in [0.1, 0.15) is 5.75 Å². The Balaban J connectivity index is 2.63. The van der Waals surface area contributed by atoms with Crippen molar-refractivity contribution in [2.75, 3.05) is 26.1 Å². The summed E-state index contributed by atoms with van der Waals surface area (Å²) >= 11 is 0. The number of nitrogens with one attached hydrogen (secondary N) is 1. The van der Waals surface area contributed by atoms with Crippen molar-refractivity contribution in [1.82, 2.24) is 5.32 Å². The molecule has 1 unspecified atom stereocenters. The van der Waals surface area contributed by atoms with Gasteiger partial charge in [-0.2, -0.15) is 0 Å². The number of anilines is 1. The Morgan fingerprint density at radius 2 is 2.10 bits per heavy atom. The van der Waals surface area contributed by atoms with E-state index in [9.17, 15) is 9.59 Å². The van der Waals surface area contributed by atoms with Crippen molar-refractivity contribution in [2.45, 2.75) is 13.0 Å². The van der Waals surface area contributed by atoms with E-state index in [0.29, 0.717) is 12.3 Å². The Morgan fingerprint density at radius 3 is 2.70 bits per heavy atom. The fourth-order valence-corrected chi connectivity index (χ4v) is 1.61. The number of rotatable bonds is 7. The summed E-state index contributed by atoms with van der Waals surface area (Å²) in [6, 6.07) is 4.31. The van der Waals surface area contributed by atoms with Crippen molar-refractivity contribution < 1.29 is 19.1 Å². The maximum atomic E-state index is 11.6. The Hall–Kier alpha value is -2.28. The molecule has 0 aliphatic heterocycles. The van der Waals surface area contributed by atoms with Crippen LogP contribution in [0.15, 0.2) is 18.2 Å². The highest BCUT2D eigenvalue weighted by molar-refractivity contribution is 5.96. The normalized spacial score (nSPS) is 11.7. The van der Waals surface area contributed by atoms with E-state index in [2.05, 4.69) is 5.32 Å². The van der Waals surface area contributed by atoms with Gasteiger partial charge in [0.15, 0.2) is 6.61 Å². The molecule has 1 rings (SSSR count). The molecule has 1 atom stereocenters.